The molecular formula is C16H35N. The van der Waals surface area contributed by atoms with Crippen molar-refractivity contribution in [1.29, 1.82) is 0 Å². The lowest BCUT2D eigenvalue weighted by atomic mass is 10.00. The van der Waals surface area contributed by atoms with E-state index >= 15 is 0 Å². The summed E-state index contributed by atoms with van der Waals surface area (Å²) in [7, 11) is 0. The summed E-state index contributed by atoms with van der Waals surface area (Å²) in [6.07, 6.45) is 13.5. The van der Waals surface area contributed by atoms with Gasteiger partial charge in [-0.3, -0.25) is 0 Å². The molecule has 17 heavy (non-hydrogen) atoms. The molecule has 0 saturated carbocycles. The van der Waals surface area contributed by atoms with E-state index in [1.54, 1.807) is 0 Å². The highest BCUT2D eigenvalue weighted by Gasteiger charge is 2.13. The standard InChI is InChI=1S/C16H35N/c1-5-9-13-15(11-7-3)17-16(12-8-4)14-10-6-2/h15-17H,5-14H2,1-4H3. The molecule has 0 fully saturated rings. The Labute approximate surface area is 110 Å². The summed E-state index contributed by atoms with van der Waals surface area (Å²) < 4.78 is 0. The molecule has 0 aliphatic carbocycles. The largest absolute Gasteiger partial charge is 0.311 e. The molecule has 0 bridgehead atoms. The van der Waals surface area contributed by atoms with Crippen LogP contribution in [0.15, 0.2) is 0 Å². The highest BCUT2D eigenvalue weighted by molar-refractivity contribution is 4.74. The Balaban J connectivity index is 4.02. The molecule has 1 heteroatoms. The average Bonchev–Trinajstić information content (AvgIpc) is 2.33. The Bertz CT molecular complexity index is 128. The first-order valence-electron chi connectivity index (χ1n) is 8.04. The molecule has 0 aliphatic heterocycles. The fourth-order valence-corrected chi connectivity index (χ4v) is 2.55. The summed E-state index contributed by atoms with van der Waals surface area (Å²) in [6.45, 7) is 9.20. The Morgan fingerprint density at radius 1 is 0.588 bits per heavy atom. The number of hydrogen-bond acceptors (Lipinski definition) is 1. The van der Waals surface area contributed by atoms with Gasteiger partial charge in [0.05, 0.1) is 0 Å². The normalized spacial score (nSPS) is 14.8. The molecule has 0 rings (SSSR count). The van der Waals surface area contributed by atoms with E-state index in [0.717, 1.165) is 12.1 Å². The zero-order valence-corrected chi connectivity index (χ0v) is 12.7. The predicted octanol–water partition coefficient (Wildman–Crippen LogP) is 5.29. The maximum atomic E-state index is 3.93. The van der Waals surface area contributed by atoms with Crippen LogP contribution < -0.4 is 5.32 Å². The van der Waals surface area contributed by atoms with E-state index in [9.17, 15) is 0 Å². The molecule has 2 atom stereocenters. The maximum Gasteiger partial charge on any atom is 0.00695 e. The molecule has 0 aromatic carbocycles. The second-order valence-electron chi connectivity index (χ2n) is 5.42. The van der Waals surface area contributed by atoms with Crippen molar-refractivity contribution in [3.8, 4) is 0 Å². The fourth-order valence-electron chi connectivity index (χ4n) is 2.55. The van der Waals surface area contributed by atoms with Crippen LogP contribution in [0, 0.1) is 0 Å². The van der Waals surface area contributed by atoms with Gasteiger partial charge in [0.2, 0.25) is 0 Å². The lowest BCUT2D eigenvalue weighted by Crippen LogP contribution is -2.38. The Morgan fingerprint density at radius 2 is 1.00 bits per heavy atom. The van der Waals surface area contributed by atoms with Gasteiger partial charge < -0.3 is 5.32 Å². The molecule has 0 saturated heterocycles. The molecule has 0 aromatic rings. The van der Waals surface area contributed by atoms with Crippen molar-refractivity contribution in [3.05, 3.63) is 0 Å². The van der Waals surface area contributed by atoms with E-state index < -0.39 is 0 Å². The van der Waals surface area contributed by atoms with Crippen LogP contribution in [0.4, 0.5) is 0 Å². The minimum Gasteiger partial charge on any atom is -0.311 e. The van der Waals surface area contributed by atoms with Crippen molar-refractivity contribution >= 4 is 0 Å². The summed E-state index contributed by atoms with van der Waals surface area (Å²) in [4.78, 5) is 0. The molecular weight excluding hydrogens is 206 g/mol. The van der Waals surface area contributed by atoms with E-state index in [-0.39, 0.29) is 0 Å². The van der Waals surface area contributed by atoms with Gasteiger partial charge in [-0.1, -0.05) is 66.2 Å². The second kappa shape index (κ2) is 12.4. The molecule has 0 heterocycles. The van der Waals surface area contributed by atoms with Gasteiger partial charge in [-0.2, -0.15) is 0 Å². The molecule has 1 N–H and O–H groups in total. The van der Waals surface area contributed by atoms with Crippen molar-refractivity contribution in [2.45, 2.75) is 104 Å². The van der Waals surface area contributed by atoms with Gasteiger partial charge >= 0.3 is 0 Å². The van der Waals surface area contributed by atoms with Crippen molar-refractivity contribution in [3.63, 3.8) is 0 Å². The molecule has 0 aromatic heterocycles. The smallest absolute Gasteiger partial charge is 0.00695 e. The van der Waals surface area contributed by atoms with E-state index in [1.807, 2.05) is 0 Å². The summed E-state index contributed by atoms with van der Waals surface area (Å²) in [5.74, 6) is 0. The molecule has 104 valence electrons. The van der Waals surface area contributed by atoms with Gasteiger partial charge in [0.15, 0.2) is 0 Å². The molecule has 0 spiro atoms. The monoisotopic (exact) mass is 241 g/mol. The SMILES string of the molecule is CCCCC(CCC)NC(CCC)CCCC. The zero-order valence-electron chi connectivity index (χ0n) is 12.7. The third kappa shape index (κ3) is 9.64. The summed E-state index contributed by atoms with van der Waals surface area (Å²) >= 11 is 0. The van der Waals surface area contributed by atoms with Crippen molar-refractivity contribution < 1.29 is 0 Å². The van der Waals surface area contributed by atoms with Crippen LogP contribution in [0.1, 0.15) is 91.9 Å². The van der Waals surface area contributed by atoms with Gasteiger partial charge in [0.1, 0.15) is 0 Å². The minimum atomic E-state index is 0.772. The van der Waals surface area contributed by atoms with E-state index in [4.69, 9.17) is 0 Å². The first-order chi connectivity index (χ1) is 8.28. The van der Waals surface area contributed by atoms with Crippen LogP contribution in [0.2, 0.25) is 0 Å². The molecule has 1 nitrogen and oxygen atoms in total. The van der Waals surface area contributed by atoms with E-state index in [1.165, 1.54) is 64.2 Å². The van der Waals surface area contributed by atoms with Crippen molar-refractivity contribution in [1.82, 2.24) is 5.32 Å². The lowest BCUT2D eigenvalue weighted by molar-refractivity contribution is 0.345. The number of unbranched alkanes of at least 4 members (excludes halogenated alkanes) is 2. The molecule has 0 aliphatic rings. The van der Waals surface area contributed by atoms with Gasteiger partial charge in [-0.05, 0) is 25.7 Å². The summed E-state index contributed by atoms with van der Waals surface area (Å²) in [5, 5.41) is 3.93. The summed E-state index contributed by atoms with van der Waals surface area (Å²) in [5.41, 5.74) is 0. The zero-order chi connectivity index (χ0) is 12.9. The number of rotatable bonds is 12. The first-order valence-corrected chi connectivity index (χ1v) is 8.04. The lowest BCUT2D eigenvalue weighted by Gasteiger charge is -2.25. The minimum absolute atomic E-state index is 0.772. The van der Waals surface area contributed by atoms with Crippen molar-refractivity contribution in [2.75, 3.05) is 0 Å². The van der Waals surface area contributed by atoms with Gasteiger partial charge in [-0.25, -0.2) is 0 Å². The molecule has 2 unspecified atom stereocenters. The maximum absolute atomic E-state index is 3.93. The van der Waals surface area contributed by atoms with E-state index in [0.29, 0.717) is 0 Å². The fraction of sp³-hybridized carbons (Fsp3) is 1.00. The third-order valence-corrected chi connectivity index (χ3v) is 3.56. The predicted molar refractivity (Wildman–Crippen MR) is 79.6 cm³/mol. The van der Waals surface area contributed by atoms with E-state index in [2.05, 4.69) is 33.0 Å². The van der Waals surface area contributed by atoms with Crippen LogP contribution in [0.5, 0.6) is 0 Å². The first kappa shape index (κ1) is 17.0. The topological polar surface area (TPSA) is 12.0 Å². The van der Waals surface area contributed by atoms with Crippen LogP contribution in [-0.4, -0.2) is 12.1 Å². The average molecular weight is 241 g/mol. The summed E-state index contributed by atoms with van der Waals surface area (Å²) in [6, 6.07) is 1.54. The second-order valence-corrected chi connectivity index (χ2v) is 5.42. The van der Waals surface area contributed by atoms with Gasteiger partial charge in [0.25, 0.3) is 0 Å². The quantitative estimate of drug-likeness (QED) is 0.489. The Kier molecular flexibility index (Phi) is 12.4. The molecule has 0 amide bonds. The van der Waals surface area contributed by atoms with Crippen LogP contribution in [-0.2, 0) is 0 Å². The van der Waals surface area contributed by atoms with Gasteiger partial charge in [-0.15, -0.1) is 0 Å². The highest BCUT2D eigenvalue weighted by Crippen LogP contribution is 2.13. The van der Waals surface area contributed by atoms with Crippen molar-refractivity contribution in [2.24, 2.45) is 0 Å². The highest BCUT2D eigenvalue weighted by atomic mass is 14.9. The number of hydrogen-bond donors (Lipinski definition) is 1. The van der Waals surface area contributed by atoms with Gasteiger partial charge in [0, 0.05) is 12.1 Å². The number of nitrogens with one attached hydrogen (secondary N) is 1. The van der Waals surface area contributed by atoms with Crippen LogP contribution in [0.3, 0.4) is 0 Å². The van der Waals surface area contributed by atoms with Crippen LogP contribution >= 0.6 is 0 Å². The molecule has 0 radical (unpaired) electrons. The Morgan fingerprint density at radius 3 is 1.29 bits per heavy atom. The Hall–Kier alpha value is -0.0400. The third-order valence-electron chi connectivity index (χ3n) is 3.56. The van der Waals surface area contributed by atoms with Crippen LogP contribution in [0.25, 0.3) is 0 Å².